The van der Waals surface area contributed by atoms with E-state index in [1.54, 1.807) is 29.2 Å². The molecule has 21 heteroatoms. The van der Waals surface area contributed by atoms with Gasteiger partial charge in [0, 0.05) is 62.2 Å². The summed E-state index contributed by atoms with van der Waals surface area (Å²) in [6.45, 7) is 17.4. The van der Waals surface area contributed by atoms with Crippen molar-refractivity contribution in [2.75, 3.05) is 56.7 Å². The van der Waals surface area contributed by atoms with Crippen molar-refractivity contribution in [2.24, 2.45) is 4.99 Å². The van der Waals surface area contributed by atoms with Gasteiger partial charge in [-0.3, -0.25) is 33.8 Å². The zero-order chi connectivity index (χ0) is 57.9. The molecule has 5 heterocycles. The van der Waals surface area contributed by atoms with Crippen LogP contribution in [0.3, 0.4) is 0 Å². The number of hydrogen-bond acceptors (Lipinski definition) is 14. The van der Waals surface area contributed by atoms with Crippen molar-refractivity contribution in [1.82, 2.24) is 25.3 Å². The van der Waals surface area contributed by atoms with Gasteiger partial charge in [-0.1, -0.05) is 69.7 Å². The first-order valence-electron chi connectivity index (χ1n) is 27.9. The summed E-state index contributed by atoms with van der Waals surface area (Å²) in [5, 5.41) is 19.9. The predicted octanol–water partition coefficient (Wildman–Crippen LogP) is 7.56. The fourth-order valence-corrected chi connectivity index (χ4v) is 11.0. The number of ether oxygens (including phenoxy) is 4. The molecular formula is C60H74N8O12S. The summed E-state index contributed by atoms with van der Waals surface area (Å²) in [6, 6.07) is 11.5. The first kappa shape index (κ1) is 59.5. The molecule has 432 valence electrons. The van der Waals surface area contributed by atoms with E-state index in [1.807, 2.05) is 37.1 Å². The van der Waals surface area contributed by atoms with Gasteiger partial charge >= 0.3 is 6.09 Å². The normalized spacial score (nSPS) is 19.6. The van der Waals surface area contributed by atoms with E-state index in [1.165, 1.54) is 24.1 Å². The summed E-state index contributed by atoms with van der Waals surface area (Å²) in [4.78, 5) is 103. The number of unbranched alkanes of at least 4 members (excludes halogenated alkanes) is 4. The van der Waals surface area contributed by atoms with Crippen LogP contribution in [0.15, 0.2) is 90.1 Å². The Morgan fingerprint density at radius 3 is 2.22 bits per heavy atom. The van der Waals surface area contributed by atoms with Crippen LogP contribution in [0, 0.1) is 0 Å². The molecule has 7 amide bonds. The molecule has 0 aliphatic carbocycles. The topological polar surface area (TPSA) is 238 Å². The Labute approximate surface area is 478 Å². The maximum absolute atomic E-state index is 14.2. The Balaban J connectivity index is 0.823. The number of aryl methyl sites for hydroxylation is 1. The van der Waals surface area contributed by atoms with E-state index in [4.69, 9.17) is 18.9 Å². The van der Waals surface area contributed by atoms with Crippen molar-refractivity contribution in [2.45, 2.75) is 134 Å². The number of likely N-dealkylation sites (tertiary alicyclic amines) is 1. The molecule has 8 rings (SSSR count). The average Bonchev–Trinajstić information content (AvgIpc) is 4.29. The number of thiol groups is 1. The molecule has 0 saturated carbocycles. The summed E-state index contributed by atoms with van der Waals surface area (Å²) in [7, 11) is 1.45. The van der Waals surface area contributed by atoms with Crippen molar-refractivity contribution in [3.63, 3.8) is 0 Å². The number of rotatable bonds is 25. The molecule has 5 aliphatic rings. The summed E-state index contributed by atoms with van der Waals surface area (Å²) in [5.74, 6) is -0.523. The molecule has 5 unspecified atom stereocenters. The van der Waals surface area contributed by atoms with Gasteiger partial charge in [0.15, 0.2) is 17.7 Å². The number of nitrogens with one attached hydrogen (secondary N) is 3. The van der Waals surface area contributed by atoms with Crippen molar-refractivity contribution in [3.05, 3.63) is 107 Å². The molecule has 3 fully saturated rings. The van der Waals surface area contributed by atoms with Crippen LogP contribution in [0.4, 0.5) is 21.9 Å². The van der Waals surface area contributed by atoms with Crippen LogP contribution < -0.4 is 35.1 Å². The van der Waals surface area contributed by atoms with E-state index < -0.39 is 42.1 Å². The number of hydrogen-bond donors (Lipinski definition) is 5. The number of fused-ring (bicyclic) bond motifs is 4. The number of carbonyl (C=O) groups excluding carboxylic acids is 7. The van der Waals surface area contributed by atoms with Gasteiger partial charge in [-0.05, 0) is 93.2 Å². The van der Waals surface area contributed by atoms with E-state index in [0.29, 0.717) is 118 Å². The van der Waals surface area contributed by atoms with E-state index in [-0.39, 0.29) is 90.9 Å². The zero-order valence-corrected chi connectivity index (χ0v) is 47.4. The third kappa shape index (κ3) is 14.3. The fraction of sp³-hybridized carbons (Fsp3) is 0.467. The third-order valence-electron chi connectivity index (χ3n) is 15.1. The fourth-order valence-electron chi connectivity index (χ4n) is 10.7. The third-order valence-corrected chi connectivity index (χ3v) is 15.6. The molecule has 81 heavy (non-hydrogen) atoms. The standard InChI is InChI=1S/C60H74N8O12S/c1-7-15-45(64-54(70)32-62-53(69)16-11-9-12-21-65-38(5)52(81)30-55(65)71)56(72)63-41-19-17-39(18-20-41)35-80-60(76)68-47-29-51(50(77-6)27-44(47)58(74)67-34-37(4)25-48(67)59(68)75)79-23-14-10-13-22-78-49-28-46-43(26-40(49)8-2)57(73)66-33-36(3)24-42(66)31-61-46/h17-20,26-29,31,42,45,48,52,59,75,81H,3-5,7-16,21-25,30,32-35H2,1-2,6H3,(H,62,69)(H,63,72)(H,64,70). The van der Waals surface area contributed by atoms with E-state index >= 15 is 0 Å². The molecule has 3 saturated heterocycles. The lowest BCUT2D eigenvalue weighted by Gasteiger charge is -2.31. The summed E-state index contributed by atoms with van der Waals surface area (Å²) in [5.41, 5.74) is 5.68. The van der Waals surface area contributed by atoms with E-state index in [0.717, 1.165) is 28.0 Å². The van der Waals surface area contributed by atoms with Gasteiger partial charge in [-0.15, -0.1) is 0 Å². The lowest BCUT2D eigenvalue weighted by Crippen LogP contribution is -2.50. The average molecular weight is 1130 g/mol. The monoisotopic (exact) mass is 1130 g/mol. The molecule has 5 aliphatic heterocycles. The van der Waals surface area contributed by atoms with Crippen LogP contribution in [-0.2, 0) is 36.9 Å². The first-order valence-corrected chi connectivity index (χ1v) is 28.4. The number of aliphatic imine (C=N–C) groups is 1. The van der Waals surface area contributed by atoms with Gasteiger partial charge in [0.1, 0.15) is 18.4 Å². The highest BCUT2D eigenvalue weighted by Gasteiger charge is 2.46. The highest BCUT2D eigenvalue weighted by atomic mass is 32.1. The van der Waals surface area contributed by atoms with E-state index in [2.05, 4.69) is 53.3 Å². The number of methoxy groups -OCH3 is 1. The van der Waals surface area contributed by atoms with E-state index in [9.17, 15) is 38.7 Å². The Hall–Kier alpha value is -7.65. The Morgan fingerprint density at radius 1 is 0.815 bits per heavy atom. The lowest BCUT2D eigenvalue weighted by molar-refractivity contribution is -0.128. The molecule has 5 atom stereocenters. The van der Waals surface area contributed by atoms with Crippen LogP contribution in [0.2, 0.25) is 0 Å². The summed E-state index contributed by atoms with van der Waals surface area (Å²) in [6.07, 6.45) is 6.60. The second-order valence-corrected chi connectivity index (χ2v) is 21.7. The number of benzene rings is 3. The smallest absolute Gasteiger partial charge is 0.416 e. The zero-order valence-electron chi connectivity index (χ0n) is 46.5. The largest absolute Gasteiger partial charge is 0.493 e. The molecule has 4 N–H and O–H groups in total. The minimum atomic E-state index is -1.51. The van der Waals surface area contributed by atoms with Crippen LogP contribution in [0.1, 0.15) is 123 Å². The minimum absolute atomic E-state index is 0.00274. The Morgan fingerprint density at radius 2 is 1.52 bits per heavy atom. The van der Waals surface area contributed by atoms with Gasteiger partial charge in [0.25, 0.3) is 11.8 Å². The second kappa shape index (κ2) is 27.2. The van der Waals surface area contributed by atoms with Gasteiger partial charge in [-0.25, -0.2) is 9.69 Å². The Bertz CT molecular complexity index is 2960. The maximum Gasteiger partial charge on any atom is 0.416 e. The highest BCUT2D eigenvalue weighted by Crippen LogP contribution is 2.42. The van der Waals surface area contributed by atoms with Crippen LogP contribution in [-0.4, -0.2) is 144 Å². The number of anilines is 2. The molecule has 20 nitrogen and oxygen atoms in total. The first-order chi connectivity index (χ1) is 39.0. The lowest BCUT2D eigenvalue weighted by atomic mass is 10.0. The number of carbonyl (C=O) groups is 7. The highest BCUT2D eigenvalue weighted by molar-refractivity contribution is 7.81. The summed E-state index contributed by atoms with van der Waals surface area (Å²) >= 11 is 4.37. The minimum Gasteiger partial charge on any atom is -0.493 e. The van der Waals surface area contributed by atoms with Crippen molar-refractivity contribution in [3.8, 4) is 17.2 Å². The summed E-state index contributed by atoms with van der Waals surface area (Å²) < 4.78 is 24.0. The molecule has 0 bridgehead atoms. The van der Waals surface area contributed by atoms with Crippen molar-refractivity contribution >= 4 is 77.4 Å². The van der Waals surface area contributed by atoms with Crippen molar-refractivity contribution in [1.29, 1.82) is 0 Å². The molecule has 3 aromatic carbocycles. The van der Waals surface area contributed by atoms with Crippen LogP contribution >= 0.6 is 12.6 Å². The predicted molar refractivity (Wildman–Crippen MR) is 309 cm³/mol. The molecule has 3 aromatic rings. The van der Waals surface area contributed by atoms with Crippen LogP contribution in [0.5, 0.6) is 17.2 Å². The second-order valence-electron chi connectivity index (χ2n) is 21.1. The van der Waals surface area contributed by atoms with Gasteiger partial charge < -0.3 is 54.7 Å². The molecular weight excluding hydrogens is 1060 g/mol. The quantitative estimate of drug-likeness (QED) is 0.0314. The Kier molecular flexibility index (Phi) is 20.0. The van der Waals surface area contributed by atoms with Gasteiger partial charge in [0.05, 0.1) is 66.7 Å². The molecule has 0 radical (unpaired) electrons. The molecule has 0 spiro atoms. The van der Waals surface area contributed by atoms with Crippen LogP contribution in [0.25, 0.3) is 0 Å². The maximum atomic E-state index is 14.2. The number of aliphatic hydroxyl groups excluding tert-OH is 1. The number of nitrogens with zero attached hydrogens (tertiary/aromatic N) is 5. The van der Waals surface area contributed by atoms with Crippen molar-refractivity contribution < 1.29 is 57.6 Å². The number of aliphatic hydroxyl groups is 1. The van der Waals surface area contributed by atoms with Gasteiger partial charge in [-0.2, -0.15) is 12.6 Å². The SMILES string of the molecule is C=C1CC2C=Nc3cc(OCCCCCOc4cc5c(cc4OC)C(=O)N4CC(=C)CC4C(O)N5C(=O)OCc4ccc(NC(=O)C(CCC)NC(=O)CNC(=O)CCCCCN5C(=C)C(S)CC5=O)cc4)c(CC)cc3C(=O)N2C1. The van der Waals surface area contributed by atoms with Gasteiger partial charge in [0.2, 0.25) is 23.6 Å². The number of amides is 7. The molecule has 0 aromatic heterocycles.